The summed E-state index contributed by atoms with van der Waals surface area (Å²) >= 11 is 4.52. The molecule has 2 aromatic carbocycles. The van der Waals surface area contributed by atoms with Crippen LogP contribution in [0.4, 0.5) is 4.39 Å². The molecular formula is C20H17ClFN4O6S3-. The van der Waals surface area contributed by atoms with Crippen molar-refractivity contribution < 1.29 is 30.7 Å². The maximum Gasteiger partial charge on any atom is 0.241 e. The Balaban J connectivity index is 1.76. The molecule has 0 spiro atoms. The fraction of sp³-hybridized carbons (Fsp3) is 0.250. The first kappa shape index (κ1) is 25.8. The van der Waals surface area contributed by atoms with E-state index in [0.29, 0.717) is 21.3 Å². The van der Waals surface area contributed by atoms with Crippen LogP contribution in [-0.4, -0.2) is 51.8 Å². The average molecular weight is 560 g/mol. The first-order valence-electron chi connectivity index (χ1n) is 9.89. The summed E-state index contributed by atoms with van der Waals surface area (Å²) in [5.41, 5.74) is 1.75. The molecule has 0 bridgehead atoms. The van der Waals surface area contributed by atoms with Crippen LogP contribution in [0.15, 0.2) is 40.8 Å². The van der Waals surface area contributed by atoms with Crippen LogP contribution in [0.2, 0.25) is 5.02 Å². The van der Waals surface area contributed by atoms with E-state index in [1.54, 1.807) is 24.3 Å². The molecule has 0 amide bonds. The van der Waals surface area contributed by atoms with Crippen molar-refractivity contribution in [2.24, 2.45) is 0 Å². The normalized spacial score (nSPS) is 13.8. The molecule has 2 aromatic heterocycles. The number of ether oxygens (including phenoxy) is 1. The monoisotopic (exact) mass is 559 g/mol. The molecule has 2 atom stereocenters. The average Bonchev–Trinajstić information content (AvgIpc) is 3.42. The minimum atomic E-state index is -3.91. The largest absolute Gasteiger partial charge is 0.760 e. The Bertz CT molecular complexity index is 1470. The van der Waals surface area contributed by atoms with Gasteiger partial charge in [-0.05, 0) is 41.5 Å². The lowest BCUT2D eigenvalue weighted by atomic mass is 10.1. The summed E-state index contributed by atoms with van der Waals surface area (Å²) in [6.07, 6.45) is 0. The van der Waals surface area contributed by atoms with Gasteiger partial charge in [-0.2, -0.15) is 0 Å². The maximum absolute atomic E-state index is 13.8. The number of thiazole rings is 1. The molecule has 0 radical (unpaired) electrons. The molecular weight excluding hydrogens is 543 g/mol. The van der Waals surface area contributed by atoms with Gasteiger partial charge < -0.3 is 13.7 Å². The van der Waals surface area contributed by atoms with Crippen LogP contribution in [0.25, 0.3) is 21.3 Å². The summed E-state index contributed by atoms with van der Waals surface area (Å²) in [6.45, 7) is -0.362. The van der Waals surface area contributed by atoms with Gasteiger partial charge >= 0.3 is 0 Å². The molecule has 2 unspecified atom stereocenters. The summed E-state index contributed by atoms with van der Waals surface area (Å²) in [5.74, 6) is -1.17. The van der Waals surface area contributed by atoms with Crippen LogP contribution in [-0.2, 0) is 32.4 Å². The van der Waals surface area contributed by atoms with Crippen molar-refractivity contribution >= 4 is 54.3 Å². The zero-order chi connectivity index (χ0) is 25.2. The maximum atomic E-state index is 13.8. The number of aromatic nitrogens is 3. The van der Waals surface area contributed by atoms with Crippen molar-refractivity contribution in [2.45, 2.75) is 11.8 Å². The van der Waals surface area contributed by atoms with Crippen molar-refractivity contribution in [3.8, 4) is 11.1 Å². The summed E-state index contributed by atoms with van der Waals surface area (Å²) in [6, 6.07) is 9.34. The van der Waals surface area contributed by atoms with E-state index >= 15 is 0 Å². The number of nitrogens with zero attached hydrogens (tertiary/aromatic N) is 3. The fourth-order valence-electron chi connectivity index (χ4n) is 3.25. The van der Waals surface area contributed by atoms with Gasteiger partial charge in [0.05, 0.1) is 29.1 Å². The molecule has 15 heteroatoms. The molecule has 0 aliphatic heterocycles. The number of fused-ring (bicyclic) bond motifs is 1. The lowest BCUT2D eigenvalue weighted by Crippen LogP contribution is -2.21. The number of hydrogen-bond donors (Lipinski definition) is 1. The van der Waals surface area contributed by atoms with E-state index in [0.717, 1.165) is 11.3 Å². The summed E-state index contributed by atoms with van der Waals surface area (Å²) in [4.78, 5) is 4.47. The molecule has 2 heterocycles. The van der Waals surface area contributed by atoms with Gasteiger partial charge in [0.25, 0.3) is 0 Å². The van der Waals surface area contributed by atoms with E-state index in [-0.39, 0.29) is 40.7 Å². The minimum absolute atomic E-state index is 0.0636. The summed E-state index contributed by atoms with van der Waals surface area (Å²) < 4.78 is 74.8. The smallest absolute Gasteiger partial charge is 0.241 e. The lowest BCUT2D eigenvalue weighted by Gasteiger charge is -2.11. The second kappa shape index (κ2) is 10.7. The molecule has 0 fully saturated rings. The van der Waals surface area contributed by atoms with Gasteiger partial charge in [-0.1, -0.05) is 17.7 Å². The summed E-state index contributed by atoms with van der Waals surface area (Å²) in [5, 5.41) is 6.61. The molecule has 186 valence electrons. The van der Waals surface area contributed by atoms with Crippen LogP contribution in [0.3, 0.4) is 0 Å². The standard InChI is InChI=1S/C20H18ClFN4O6S3/c1-31-4-5-35(29,30)18(19-26-25-17(32-19)10-23-34(27)28)20-24-15-3-2-11(8-16(15)33-20)12-6-13(21)9-14(22)7-12/h2-3,6-9,18,23H,4-5,10H2,1H3,(H,27,28)/p-1. The number of methoxy groups -OCH3 is 1. The van der Waals surface area contributed by atoms with E-state index in [1.165, 1.54) is 19.2 Å². The predicted octanol–water partition coefficient (Wildman–Crippen LogP) is 3.17. The zero-order valence-electron chi connectivity index (χ0n) is 17.9. The van der Waals surface area contributed by atoms with Gasteiger partial charge in [0, 0.05) is 23.4 Å². The van der Waals surface area contributed by atoms with Gasteiger partial charge in [0.2, 0.25) is 11.8 Å². The van der Waals surface area contributed by atoms with Crippen molar-refractivity contribution in [1.29, 1.82) is 0 Å². The highest BCUT2D eigenvalue weighted by Gasteiger charge is 2.36. The Morgan fingerprint density at radius 1 is 1.26 bits per heavy atom. The molecule has 10 nitrogen and oxygen atoms in total. The Morgan fingerprint density at radius 3 is 2.77 bits per heavy atom. The highest BCUT2D eigenvalue weighted by molar-refractivity contribution is 7.92. The van der Waals surface area contributed by atoms with Gasteiger partial charge in [-0.3, -0.25) is 4.21 Å². The molecule has 1 N–H and O–H groups in total. The third-order valence-electron chi connectivity index (χ3n) is 4.80. The Morgan fingerprint density at radius 2 is 2.06 bits per heavy atom. The number of sulfone groups is 1. The van der Waals surface area contributed by atoms with Crippen LogP contribution < -0.4 is 4.72 Å². The number of rotatable bonds is 10. The lowest BCUT2D eigenvalue weighted by molar-refractivity contribution is 0.217. The van der Waals surface area contributed by atoms with E-state index in [1.807, 2.05) is 0 Å². The third kappa shape index (κ3) is 6.09. The first-order chi connectivity index (χ1) is 16.7. The molecule has 0 saturated carbocycles. The van der Waals surface area contributed by atoms with Gasteiger partial charge in [0.1, 0.15) is 10.8 Å². The number of benzene rings is 2. The predicted molar refractivity (Wildman–Crippen MR) is 128 cm³/mol. The quantitative estimate of drug-likeness (QED) is 0.289. The number of halogens is 2. The highest BCUT2D eigenvalue weighted by Crippen LogP contribution is 2.37. The second-order valence-corrected chi connectivity index (χ2v) is 11.7. The molecule has 35 heavy (non-hydrogen) atoms. The minimum Gasteiger partial charge on any atom is -0.760 e. The molecule has 0 saturated heterocycles. The van der Waals surface area contributed by atoms with Crippen LogP contribution >= 0.6 is 22.9 Å². The van der Waals surface area contributed by atoms with E-state index in [2.05, 4.69) is 19.9 Å². The SMILES string of the molecule is COCCS(=O)(=O)C(c1nnc(CNS(=O)[O-])o1)c1nc2ccc(-c3cc(F)cc(Cl)c3)cc2s1. The van der Waals surface area contributed by atoms with Crippen LogP contribution in [0, 0.1) is 5.82 Å². The van der Waals surface area contributed by atoms with Crippen LogP contribution in [0.5, 0.6) is 0 Å². The van der Waals surface area contributed by atoms with Gasteiger partial charge in [-0.15, -0.1) is 21.5 Å². The fourth-order valence-corrected chi connectivity index (χ4v) is 6.68. The zero-order valence-corrected chi connectivity index (χ0v) is 21.1. The first-order valence-corrected chi connectivity index (χ1v) is 13.9. The van der Waals surface area contributed by atoms with Crippen molar-refractivity contribution in [1.82, 2.24) is 19.9 Å². The number of hydrogen-bond acceptors (Lipinski definition) is 10. The van der Waals surface area contributed by atoms with E-state index in [4.69, 9.17) is 20.8 Å². The third-order valence-corrected chi connectivity index (χ3v) is 8.51. The topological polar surface area (TPSA) is 147 Å². The molecule has 4 aromatic rings. The molecule has 4 rings (SSSR count). The second-order valence-electron chi connectivity index (χ2n) is 7.22. The highest BCUT2D eigenvalue weighted by atomic mass is 35.5. The van der Waals surface area contributed by atoms with Crippen molar-refractivity contribution in [3.63, 3.8) is 0 Å². The molecule has 0 aliphatic rings. The van der Waals surface area contributed by atoms with E-state index < -0.39 is 32.2 Å². The number of nitrogens with one attached hydrogen (secondary N) is 1. The van der Waals surface area contributed by atoms with Crippen molar-refractivity contribution in [2.75, 3.05) is 19.5 Å². The Kier molecular flexibility index (Phi) is 7.90. The van der Waals surface area contributed by atoms with Crippen LogP contribution in [0.1, 0.15) is 22.0 Å². The van der Waals surface area contributed by atoms with Crippen molar-refractivity contribution in [3.05, 3.63) is 64.0 Å². The Labute approximate surface area is 210 Å². The van der Waals surface area contributed by atoms with E-state index in [9.17, 15) is 21.6 Å². The van der Waals surface area contributed by atoms with Gasteiger partial charge in [-0.25, -0.2) is 22.5 Å². The van der Waals surface area contributed by atoms with Gasteiger partial charge in [0.15, 0.2) is 15.1 Å². The molecule has 0 aliphatic carbocycles. The summed E-state index contributed by atoms with van der Waals surface area (Å²) in [7, 11) is -2.54. The Hall–Kier alpha value is -2.33.